The Bertz CT molecular complexity index is 388. The first-order valence-electron chi connectivity index (χ1n) is 16.7. The lowest BCUT2D eigenvalue weighted by Gasteiger charge is -2.28. The molecule has 0 aromatic heterocycles. The Kier molecular flexibility index (Phi) is 29.7. The van der Waals surface area contributed by atoms with Crippen molar-refractivity contribution in [3.63, 3.8) is 0 Å². The lowest BCUT2D eigenvalue weighted by molar-refractivity contribution is 0.0706. The SMILES string of the molecule is CCCCCCCCCCCCCCCCCCCCCCCCCC[Si](OCC)(OCC)OCC. The molecule has 0 aromatic carbocycles. The third-order valence-electron chi connectivity index (χ3n) is 7.43. The fraction of sp³-hybridized carbons (Fsp3) is 1.00. The molecule has 0 heterocycles. The van der Waals surface area contributed by atoms with Gasteiger partial charge in [-0.3, -0.25) is 0 Å². The summed E-state index contributed by atoms with van der Waals surface area (Å²) in [5.41, 5.74) is 0. The van der Waals surface area contributed by atoms with E-state index in [9.17, 15) is 0 Å². The van der Waals surface area contributed by atoms with Gasteiger partial charge in [-0.05, 0) is 27.2 Å². The van der Waals surface area contributed by atoms with Gasteiger partial charge in [-0.25, -0.2) is 0 Å². The summed E-state index contributed by atoms with van der Waals surface area (Å²) in [4.78, 5) is 0. The van der Waals surface area contributed by atoms with Gasteiger partial charge in [0.1, 0.15) is 0 Å². The van der Waals surface area contributed by atoms with Crippen LogP contribution in [-0.4, -0.2) is 28.6 Å². The van der Waals surface area contributed by atoms with Crippen molar-refractivity contribution in [2.24, 2.45) is 0 Å². The molecule has 0 atom stereocenters. The molecule has 0 radical (unpaired) electrons. The van der Waals surface area contributed by atoms with E-state index < -0.39 is 8.80 Å². The van der Waals surface area contributed by atoms with Gasteiger partial charge in [-0.1, -0.05) is 155 Å². The van der Waals surface area contributed by atoms with Crippen LogP contribution in [-0.2, 0) is 13.3 Å². The maximum absolute atomic E-state index is 5.96. The summed E-state index contributed by atoms with van der Waals surface area (Å²) in [6.07, 6.45) is 34.3. The lowest BCUT2D eigenvalue weighted by Crippen LogP contribution is -2.45. The monoisotopic (exact) mass is 528 g/mol. The zero-order chi connectivity index (χ0) is 26.4. The highest BCUT2D eigenvalue weighted by molar-refractivity contribution is 6.60. The van der Waals surface area contributed by atoms with Crippen LogP contribution in [0, 0.1) is 0 Å². The van der Waals surface area contributed by atoms with Crippen molar-refractivity contribution in [2.75, 3.05) is 19.8 Å². The third-order valence-corrected chi connectivity index (χ3v) is 10.6. The van der Waals surface area contributed by atoms with Gasteiger partial charge < -0.3 is 13.3 Å². The number of rotatable bonds is 31. The smallest absolute Gasteiger partial charge is 0.374 e. The van der Waals surface area contributed by atoms with E-state index >= 15 is 0 Å². The average Bonchev–Trinajstić information content (AvgIpc) is 2.87. The molecule has 0 unspecified atom stereocenters. The number of hydrogen-bond donors (Lipinski definition) is 0. The molecule has 0 saturated heterocycles. The van der Waals surface area contributed by atoms with Gasteiger partial charge in [0.2, 0.25) is 0 Å². The average molecular weight is 529 g/mol. The van der Waals surface area contributed by atoms with Crippen molar-refractivity contribution in [2.45, 2.75) is 188 Å². The Morgan fingerprint density at radius 1 is 0.306 bits per heavy atom. The van der Waals surface area contributed by atoms with E-state index in [0.29, 0.717) is 19.8 Å². The van der Waals surface area contributed by atoms with E-state index in [1.54, 1.807) is 0 Å². The normalized spacial score (nSPS) is 12.0. The highest BCUT2D eigenvalue weighted by Crippen LogP contribution is 2.21. The summed E-state index contributed by atoms with van der Waals surface area (Å²) in [7, 11) is -2.41. The Labute approximate surface area is 229 Å². The fourth-order valence-corrected chi connectivity index (χ4v) is 7.99. The second kappa shape index (κ2) is 29.6. The molecule has 0 aliphatic carbocycles. The maximum atomic E-state index is 5.96. The van der Waals surface area contributed by atoms with Crippen LogP contribution in [0.4, 0.5) is 0 Å². The summed E-state index contributed by atoms with van der Waals surface area (Å²) in [5.74, 6) is 0. The van der Waals surface area contributed by atoms with E-state index in [0.717, 1.165) is 6.04 Å². The number of hydrogen-bond acceptors (Lipinski definition) is 3. The molecular weight excluding hydrogens is 460 g/mol. The first-order valence-corrected chi connectivity index (χ1v) is 18.6. The predicted molar refractivity (Wildman–Crippen MR) is 162 cm³/mol. The van der Waals surface area contributed by atoms with E-state index in [2.05, 4.69) is 6.92 Å². The zero-order valence-electron chi connectivity index (χ0n) is 25.5. The second-order valence-corrected chi connectivity index (χ2v) is 13.6. The Hall–Kier alpha value is 0.0969. The Morgan fingerprint density at radius 3 is 0.750 bits per heavy atom. The van der Waals surface area contributed by atoms with E-state index in [1.165, 1.54) is 154 Å². The minimum Gasteiger partial charge on any atom is -0.374 e. The van der Waals surface area contributed by atoms with Gasteiger partial charge in [-0.15, -0.1) is 0 Å². The van der Waals surface area contributed by atoms with E-state index in [-0.39, 0.29) is 0 Å². The van der Waals surface area contributed by atoms with Crippen molar-refractivity contribution >= 4 is 8.80 Å². The van der Waals surface area contributed by atoms with Crippen molar-refractivity contribution in [3.8, 4) is 0 Å². The highest BCUT2D eigenvalue weighted by Gasteiger charge is 2.39. The van der Waals surface area contributed by atoms with Gasteiger partial charge in [0.15, 0.2) is 0 Å². The molecule has 0 N–H and O–H groups in total. The molecule has 4 heteroatoms. The molecule has 0 spiro atoms. The van der Waals surface area contributed by atoms with Crippen LogP contribution >= 0.6 is 0 Å². The fourth-order valence-electron chi connectivity index (χ4n) is 5.31. The highest BCUT2D eigenvalue weighted by atomic mass is 28.4. The van der Waals surface area contributed by atoms with E-state index in [1.807, 2.05) is 20.8 Å². The van der Waals surface area contributed by atoms with Crippen molar-refractivity contribution in [3.05, 3.63) is 0 Å². The van der Waals surface area contributed by atoms with Crippen LogP contribution in [0.1, 0.15) is 182 Å². The topological polar surface area (TPSA) is 27.7 Å². The van der Waals surface area contributed by atoms with Gasteiger partial charge in [0, 0.05) is 25.9 Å². The molecule has 0 bridgehead atoms. The van der Waals surface area contributed by atoms with E-state index in [4.69, 9.17) is 13.3 Å². The molecule has 0 fully saturated rings. The standard InChI is InChI=1S/C32H68O3Si/c1-5-9-10-11-12-13-14-15-16-17-18-19-20-21-22-23-24-25-26-27-28-29-30-31-32-36(33-6-2,34-7-3)35-8-4/h5-32H2,1-4H3. The molecule has 0 saturated carbocycles. The van der Waals surface area contributed by atoms with Crippen LogP contribution in [0.5, 0.6) is 0 Å². The first kappa shape index (κ1) is 36.1. The Balaban J connectivity index is 3.30. The summed E-state index contributed by atoms with van der Waals surface area (Å²) >= 11 is 0. The molecule has 0 rings (SSSR count). The molecule has 0 aliphatic rings. The van der Waals surface area contributed by atoms with Gasteiger partial charge in [0.05, 0.1) is 0 Å². The maximum Gasteiger partial charge on any atom is 0.500 e. The molecule has 218 valence electrons. The van der Waals surface area contributed by atoms with Crippen LogP contribution in [0.25, 0.3) is 0 Å². The van der Waals surface area contributed by atoms with Crippen molar-refractivity contribution in [1.82, 2.24) is 0 Å². The summed E-state index contributed by atoms with van der Waals surface area (Å²) in [5, 5.41) is 0. The van der Waals surface area contributed by atoms with Gasteiger partial charge >= 0.3 is 8.80 Å². The molecule has 0 aromatic rings. The molecule has 0 aliphatic heterocycles. The first-order chi connectivity index (χ1) is 17.7. The summed E-state index contributed by atoms with van der Waals surface area (Å²) < 4.78 is 17.9. The summed E-state index contributed by atoms with van der Waals surface area (Å²) in [6, 6.07) is 0.974. The predicted octanol–water partition coefficient (Wildman–Crippen LogP) is 11.4. The molecular formula is C32H68O3Si. The van der Waals surface area contributed by atoms with Crippen LogP contribution in [0.2, 0.25) is 6.04 Å². The Morgan fingerprint density at radius 2 is 0.528 bits per heavy atom. The second-order valence-electron chi connectivity index (χ2n) is 10.9. The van der Waals surface area contributed by atoms with Crippen LogP contribution in [0.3, 0.4) is 0 Å². The minimum atomic E-state index is -2.41. The van der Waals surface area contributed by atoms with Crippen LogP contribution < -0.4 is 0 Å². The number of unbranched alkanes of at least 4 members (excludes halogenated alkanes) is 23. The van der Waals surface area contributed by atoms with Gasteiger partial charge in [-0.2, -0.15) is 0 Å². The molecule has 36 heavy (non-hydrogen) atoms. The third kappa shape index (κ3) is 24.4. The minimum absolute atomic E-state index is 0.686. The van der Waals surface area contributed by atoms with Crippen LogP contribution in [0.15, 0.2) is 0 Å². The lowest BCUT2D eigenvalue weighted by atomic mass is 10.0. The molecule has 3 nitrogen and oxygen atoms in total. The quantitative estimate of drug-likeness (QED) is 0.0661. The van der Waals surface area contributed by atoms with Crippen molar-refractivity contribution < 1.29 is 13.3 Å². The molecule has 0 amide bonds. The van der Waals surface area contributed by atoms with Crippen molar-refractivity contribution in [1.29, 1.82) is 0 Å². The van der Waals surface area contributed by atoms with Gasteiger partial charge in [0.25, 0.3) is 0 Å². The zero-order valence-corrected chi connectivity index (χ0v) is 26.5. The summed E-state index contributed by atoms with van der Waals surface area (Å²) in [6.45, 7) is 10.5. The largest absolute Gasteiger partial charge is 0.500 e.